The van der Waals surface area contributed by atoms with Crippen LogP contribution < -0.4 is 4.90 Å². The van der Waals surface area contributed by atoms with Gasteiger partial charge in [0.2, 0.25) is 5.91 Å². The maximum Gasteiger partial charge on any atom is 0.246 e. The molecule has 5 nitrogen and oxygen atoms in total. The molecule has 0 saturated carbocycles. The van der Waals surface area contributed by atoms with E-state index in [-0.39, 0.29) is 11.7 Å². The molecule has 2 heterocycles. The predicted molar refractivity (Wildman–Crippen MR) is 93.2 cm³/mol. The Hall–Kier alpha value is -3.20. The summed E-state index contributed by atoms with van der Waals surface area (Å²) in [5.41, 5.74) is 1.19. The minimum absolute atomic E-state index is 0.106. The highest BCUT2D eigenvalue weighted by atomic mass is 19.1. The number of nitriles is 1. The van der Waals surface area contributed by atoms with E-state index in [0.29, 0.717) is 43.1 Å². The van der Waals surface area contributed by atoms with E-state index in [1.54, 1.807) is 41.4 Å². The summed E-state index contributed by atoms with van der Waals surface area (Å²) in [5, 5.41) is 9.17. The minimum Gasteiger partial charge on any atom is -0.352 e. The fourth-order valence-electron chi connectivity index (χ4n) is 2.76. The molecule has 1 fully saturated rings. The molecule has 1 saturated heterocycles. The van der Waals surface area contributed by atoms with Gasteiger partial charge in [-0.2, -0.15) is 5.26 Å². The first-order valence-electron chi connectivity index (χ1n) is 8.00. The Morgan fingerprint density at radius 3 is 2.72 bits per heavy atom. The highest BCUT2D eigenvalue weighted by Crippen LogP contribution is 2.18. The van der Waals surface area contributed by atoms with Crippen molar-refractivity contribution in [2.45, 2.75) is 0 Å². The lowest BCUT2D eigenvalue weighted by atomic mass is 10.2. The van der Waals surface area contributed by atoms with E-state index in [1.165, 1.54) is 18.2 Å². The normalized spacial score (nSPS) is 14.6. The molecule has 25 heavy (non-hydrogen) atoms. The van der Waals surface area contributed by atoms with Crippen molar-refractivity contribution < 1.29 is 9.18 Å². The molecule has 3 rings (SSSR count). The molecule has 0 atom stereocenters. The zero-order valence-electron chi connectivity index (χ0n) is 13.6. The van der Waals surface area contributed by atoms with Crippen LogP contribution in [0.15, 0.2) is 48.7 Å². The zero-order chi connectivity index (χ0) is 17.6. The number of nitrogens with zero attached hydrogens (tertiary/aromatic N) is 4. The Balaban J connectivity index is 1.60. The lowest BCUT2D eigenvalue weighted by molar-refractivity contribution is -0.126. The molecule has 1 aromatic heterocycles. The van der Waals surface area contributed by atoms with Crippen LogP contribution in [0.25, 0.3) is 6.08 Å². The van der Waals surface area contributed by atoms with E-state index in [1.807, 2.05) is 4.90 Å². The maximum absolute atomic E-state index is 13.1. The van der Waals surface area contributed by atoms with Crippen molar-refractivity contribution in [3.63, 3.8) is 0 Å². The van der Waals surface area contributed by atoms with Crippen LogP contribution in [0.1, 0.15) is 11.1 Å². The molecule has 0 bridgehead atoms. The van der Waals surface area contributed by atoms with Gasteiger partial charge < -0.3 is 9.80 Å². The summed E-state index contributed by atoms with van der Waals surface area (Å²) in [4.78, 5) is 20.3. The number of amides is 1. The number of carbonyl (C=O) groups excluding carboxylic acids is 1. The van der Waals surface area contributed by atoms with Crippen molar-refractivity contribution in [1.82, 2.24) is 9.88 Å². The number of benzene rings is 1. The van der Waals surface area contributed by atoms with Crippen LogP contribution in [0.3, 0.4) is 0 Å². The van der Waals surface area contributed by atoms with Gasteiger partial charge in [0.1, 0.15) is 17.7 Å². The van der Waals surface area contributed by atoms with Gasteiger partial charge in [-0.1, -0.05) is 12.1 Å². The lowest BCUT2D eigenvalue weighted by Crippen LogP contribution is -2.48. The van der Waals surface area contributed by atoms with Gasteiger partial charge in [0.15, 0.2) is 0 Å². The topological polar surface area (TPSA) is 60.2 Å². The van der Waals surface area contributed by atoms with E-state index >= 15 is 0 Å². The highest BCUT2D eigenvalue weighted by molar-refractivity contribution is 5.92. The van der Waals surface area contributed by atoms with Gasteiger partial charge in [0.05, 0.1) is 5.56 Å². The summed E-state index contributed by atoms with van der Waals surface area (Å²) >= 11 is 0. The SMILES string of the molecule is N#Cc1cccnc1N1CCN(C(=O)C=Cc2cccc(F)c2)CC1. The summed E-state index contributed by atoms with van der Waals surface area (Å²) in [5.74, 6) is 0.227. The van der Waals surface area contributed by atoms with Crippen molar-refractivity contribution in [3.8, 4) is 6.07 Å². The van der Waals surface area contributed by atoms with Crippen LogP contribution in [-0.4, -0.2) is 42.0 Å². The number of anilines is 1. The standard InChI is InChI=1S/C19H17FN4O/c20-17-5-1-3-15(13-17)6-7-18(25)23-9-11-24(12-10-23)19-16(14-21)4-2-8-22-19/h1-8,13H,9-12H2. The van der Waals surface area contributed by atoms with Gasteiger partial charge >= 0.3 is 0 Å². The molecule has 1 amide bonds. The largest absolute Gasteiger partial charge is 0.352 e. The number of hydrogen-bond acceptors (Lipinski definition) is 4. The number of halogens is 1. The number of pyridine rings is 1. The monoisotopic (exact) mass is 336 g/mol. The third-order valence-corrected chi connectivity index (χ3v) is 4.07. The summed E-state index contributed by atoms with van der Waals surface area (Å²) < 4.78 is 13.1. The van der Waals surface area contributed by atoms with Gasteiger partial charge in [0.25, 0.3) is 0 Å². The smallest absolute Gasteiger partial charge is 0.246 e. The molecule has 126 valence electrons. The van der Waals surface area contributed by atoms with Gasteiger partial charge in [-0.15, -0.1) is 0 Å². The van der Waals surface area contributed by atoms with Crippen LogP contribution in [0, 0.1) is 17.1 Å². The first-order valence-corrected chi connectivity index (χ1v) is 8.00. The minimum atomic E-state index is -0.327. The van der Waals surface area contributed by atoms with E-state index in [4.69, 9.17) is 5.26 Å². The van der Waals surface area contributed by atoms with Gasteiger partial charge in [0, 0.05) is 38.5 Å². The molecule has 2 aromatic rings. The Morgan fingerprint density at radius 2 is 2.00 bits per heavy atom. The van der Waals surface area contributed by atoms with Crippen LogP contribution in [0.2, 0.25) is 0 Å². The second-order valence-electron chi connectivity index (χ2n) is 5.69. The fourth-order valence-corrected chi connectivity index (χ4v) is 2.76. The summed E-state index contributed by atoms with van der Waals surface area (Å²) in [6, 6.07) is 11.7. The zero-order valence-corrected chi connectivity index (χ0v) is 13.6. The summed E-state index contributed by atoms with van der Waals surface area (Å²) in [6.07, 6.45) is 4.74. The Kier molecular flexibility index (Phi) is 5.05. The summed E-state index contributed by atoms with van der Waals surface area (Å²) in [6.45, 7) is 2.33. The molecular formula is C19H17FN4O. The molecule has 0 N–H and O–H groups in total. The van der Waals surface area contributed by atoms with Gasteiger partial charge in [-0.25, -0.2) is 9.37 Å². The Bertz CT molecular complexity index is 835. The maximum atomic E-state index is 13.1. The Morgan fingerprint density at radius 1 is 1.20 bits per heavy atom. The molecule has 0 spiro atoms. The average molecular weight is 336 g/mol. The van der Waals surface area contributed by atoms with E-state index in [9.17, 15) is 9.18 Å². The van der Waals surface area contributed by atoms with Crippen LogP contribution >= 0.6 is 0 Å². The molecular weight excluding hydrogens is 319 g/mol. The van der Waals surface area contributed by atoms with Crippen molar-refractivity contribution in [1.29, 1.82) is 5.26 Å². The second kappa shape index (κ2) is 7.58. The molecule has 0 unspecified atom stereocenters. The number of piperazine rings is 1. The van der Waals surface area contributed by atoms with E-state index in [2.05, 4.69) is 11.1 Å². The van der Waals surface area contributed by atoms with Gasteiger partial charge in [-0.05, 0) is 35.9 Å². The number of carbonyl (C=O) groups is 1. The molecule has 0 aliphatic carbocycles. The molecule has 1 aliphatic heterocycles. The second-order valence-corrected chi connectivity index (χ2v) is 5.69. The molecule has 6 heteroatoms. The lowest BCUT2D eigenvalue weighted by Gasteiger charge is -2.35. The van der Waals surface area contributed by atoms with Gasteiger partial charge in [-0.3, -0.25) is 4.79 Å². The average Bonchev–Trinajstić information content (AvgIpc) is 2.66. The molecule has 0 radical (unpaired) electrons. The summed E-state index contributed by atoms with van der Waals surface area (Å²) in [7, 11) is 0. The van der Waals surface area contributed by atoms with Crippen LogP contribution in [0.5, 0.6) is 0 Å². The van der Waals surface area contributed by atoms with Crippen molar-refractivity contribution >= 4 is 17.8 Å². The molecule has 1 aromatic carbocycles. The van der Waals surface area contributed by atoms with Crippen LogP contribution in [-0.2, 0) is 4.79 Å². The number of aromatic nitrogens is 1. The first kappa shape index (κ1) is 16.7. The highest BCUT2D eigenvalue weighted by Gasteiger charge is 2.22. The first-order chi connectivity index (χ1) is 12.2. The third kappa shape index (κ3) is 4.01. The van der Waals surface area contributed by atoms with E-state index < -0.39 is 0 Å². The van der Waals surface area contributed by atoms with Crippen molar-refractivity contribution in [3.05, 3.63) is 65.6 Å². The Labute approximate surface area is 145 Å². The van der Waals surface area contributed by atoms with Crippen molar-refractivity contribution in [2.24, 2.45) is 0 Å². The van der Waals surface area contributed by atoms with Crippen molar-refractivity contribution in [2.75, 3.05) is 31.1 Å². The number of hydrogen-bond donors (Lipinski definition) is 0. The number of rotatable bonds is 3. The van der Waals surface area contributed by atoms with Crippen LogP contribution in [0.4, 0.5) is 10.2 Å². The quantitative estimate of drug-likeness (QED) is 0.808. The van der Waals surface area contributed by atoms with E-state index in [0.717, 1.165) is 0 Å². The predicted octanol–water partition coefficient (Wildman–Crippen LogP) is 2.45. The third-order valence-electron chi connectivity index (χ3n) is 4.07. The fraction of sp³-hybridized carbons (Fsp3) is 0.211. The molecule has 1 aliphatic rings.